The van der Waals surface area contributed by atoms with E-state index in [0.717, 1.165) is 11.1 Å². The monoisotopic (exact) mass is 417 g/mol. The Hall–Kier alpha value is -2.62. The molecule has 154 valence electrons. The zero-order valence-corrected chi connectivity index (χ0v) is 16.9. The van der Waals surface area contributed by atoms with Gasteiger partial charge in [-0.2, -0.15) is 17.0 Å². The molecule has 2 heterocycles. The van der Waals surface area contributed by atoms with Gasteiger partial charge in [0.2, 0.25) is 12.7 Å². The Kier molecular flexibility index (Phi) is 5.44. The van der Waals surface area contributed by atoms with Gasteiger partial charge < -0.3 is 14.8 Å². The Labute approximate surface area is 170 Å². The maximum absolute atomic E-state index is 13.0. The summed E-state index contributed by atoms with van der Waals surface area (Å²) in [7, 11) is -3.71. The first kappa shape index (κ1) is 19.7. The van der Waals surface area contributed by atoms with Crippen LogP contribution in [0.25, 0.3) is 0 Å². The van der Waals surface area contributed by atoms with Crippen LogP contribution >= 0.6 is 0 Å². The Morgan fingerprint density at radius 3 is 2.55 bits per heavy atom. The van der Waals surface area contributed by atoms with Crippen molar-refractivity contribution in [2.45, 2.75) is 19.9 Å². The molecule has 0 spiro atoms. The van der Waals surface area contributed by atoms with E-state index in [0.29, 0.717) is 43.2 Å². The lowest BCUT2D eigenvalue weighted by molar-refractivity contribution is -0.116. The van der Waals surface area contributed by atoms with Crippen molar-refractivity contribution in [3.8, 4) is 11.5 Å². The van der Waals surface area contributed by atoms with E-state index in [-0.39, 0.29) is 13.3 Å². The van der Waals surface area contributed by atoms with Crippen molar-refractivity contribution in [3.63, 3.8) is 0 Å². The topological polar surface area (TPSA) is 88.2 Å². The summed E-state index contributed by atoms with van der Waals surface area (Å²) in [5, 5.41) is 2.73. The number of amides is 1. The molecule has 1 amide bonds. The number of ether oxygens (including phenoxy) is 2. The third-order valence-corrected chi connectivity index (χ3v) is 6.85. The van der Waals surface area contributed by atoms with Crippen LogP contribution in [0.15, 0.2) is 42.5 Å². The normalized spacial score (nSPS) is 18.5. The molecule has 2 aromatic rings. The molecule has 0 saturated carbocycles. The standard InChI is InChI=1S/C20H23N3O5S/c1-15-3-5-16(6-4-15)12-22-9-2-10-23(29(22,25)26)13-20(24)21-17-7-8-18-19(11-17)28-14-27-18/h3-8,11H,2,9-10,12-14H2,1H3,(H,21,24). The molecule has 0 radical (unpaired) electrons. The second-order valence-corrected chi connectivity index (χ2v) is 9.06. The summed E-state index contributed by atoms with van der Waals surface area (Å²) in [5.41, 5.74) is 2.58. The van der Waals surface area contributed by atoms with Crippen molar-refractivity contribution in [3.05, 3.63) is 53.6 Å². The van der Waals surface area contributed by atoms with E-state index < -0.39 is 16.1 Å². The number of hydrogen-bond acceptors (Lipinski definition) is 5. The molecule has 8 nitrogen and oxygen atoms in total. The highest BCUT2D eigenvalue weighted by Crippen LogP contribution is 2.34. The van der Waals surface area contributed by atoms with Crippen LogP contribution in [0.1, 0.15) is 17.5 Å². The largest absolute Gasteiger partial charge is 0.454 e. The Morgan fingerprint density at radius 2 is 1.76 bits per heavy atom. The molecule has 1 saturated heterocycles. The van der Waals surface area contributed by atoms with Gasteiger partial charge in [0.05, 0.1) is 6.54 Å². The van der Waals surface area contributed by atoms with Crippen molar-refractivity contribution in [1.29, 1.82) is 0 Å². The number of fused-ring (bicyclic) bond motifs is 1. The van der Waals surface area contributed by atoms with E-state index >= 15 is 0 Å². The second-order valence-electron chi connectivity index (χ2n) is 7.13. The first-order valence-corrected chi connectivity index (χ1v) is 10.8. The minimum absolute atomic E-state index is 0.148. The van der Waals surface area contributed by atoms with Gasteiger partial charge in [0.25, 0.3) is 10.2 Å². The summed E-state index contributed by atoms with van der Waals surface area (Å²) in [5.74, 6) is 0.774. The SMILES string of the molecule is Cc1ccc(CN2CCCN(CC(=O)Nc3ccc4c(c3)OCO4)S2(=O)=O)cc1. The highest BCUT2D eigenvalue weighted by Gasteiger charge is 2.34. The molecule has 1 fully saturated rings. The fourth-order valence-electron chi connectivity index (χ4n) is 3.37. The molecule has 9 heteroatoms. The van der Waals surface area contributed by atoms with Crippen molar-refractivity contribution in [1.82, 2.24) is 8.61 Å². The predicted molar refractivity (Wildman–Crippen MR) is 108 cm³/mol. The summed E-state index contributed by atoms with van der Waals surface area (Å²) in [6.45, 7) is 2.96. The summed E-state index contributed by atoms with van der Waals surface area (Å²) < 4.78 is 39.1. The highest BCUT2D eigenvalue weighted by molar-refractivity contribution is 7.86. The van der Waals surface area contributed by atoms with Crippen LogP contribution in [-0.2, 0) is 21.5 Å². The van der Waals surface area contributed by atoms with Gasteiger partial charge in [-0.1, -0.05) is 29.8 Å². The average molecular weight is 417 g/mol. The van der Waals surface area contributed by atoms with E-state index in [2.05, 4.69) is 5.32 Å². The van der Waals surface area contributed by atoms with Crippen molar-refractivity contribution in [2.75, 3.05) is 31.7 Å². The van der Waals surface area contributed by atoms with E-state index in [4.69, 9.17) is 9.47 Å². The van der Waals surface area contributed by atoms with E-state index in [1.807, 2.05) is 31.2 Å². The Balaban J connectivity index is 1.41. The summed E-state index contributed by atoms with van der Waals surface area (Å²) in [4.78, 5) is 12.5. The van der Waals surface area contributed by atoms with Crippen LogP contribution in [0.3, 0.4) is 0 Å². The van der Waals surface area contributed by atoms with Crippen molar-refractivity contribution in [2.24, 2.45) is 0 Å². The molecule has 0 atom stereocenters. The summed E-state index contributed by atoms with van der Waals surface area (Å²) in [6, 6.07) is 12.8. The smallest absolute Gasteiger partial charge is 0.282 e. The molecule has 0 aliphatic carbocycles. The number of rotatable bonds is 5. The van der Waals surface area contributed by atoms with E-state index in [1.54, 1.807) is 18.2 Å². The summed E-state index contributed by atoms with van der Waals surface area (Å²) in [6.07, 6.45) is 0.669. The van der Waals surface area contributed by atoms with Gasteiger partial charge in [-0.25, -0.2) is 0 Å². The van der Waals surface area contributed by atoms with Gasteiger partial charge >= 0.3 is 0 Å². The lowest BCUT2D eigenvalue weighted by atomic mass is 10.1. The molecular weight excluding hydrogens is 394 g/mol. The van der Waals surface area contributed by atoms with E-state index in [9.17, 15) is 13.2 Å². The number of aryl methyl sites for hydroxylation is 1. The molecule has 0 bridgehead atoms. The van der Waals surface area contributed by atoms with Crippen LogP contribution in [0.5, 0.6) is 11.5 Å². The van der Waals surface area contributed by atoms with Crippen molar-refractivity contribution >= 4 is 21.8 Å². The summed E-state index contributed by atoms with van der Waals surface area (Å²) >= 11 is 0. The fourth-order valence-corrected chi connectivity index (χ4v) is 5.01. The second kappa shape index (κ2) is 8.02. The minimum atomic E-state index is -3.71. The Morgan fingerprint density at radius 1 is 1.03 bits per heavy atom. The number of carbonyl (C=O) groups excluding carboxylic acids is 1. The predicted octanol–water partition coefficient (Wildman–Crippen LogP) is 2.11. The number of anilines is 1. The number of nitrogens with one attached hydrogen (secondary N) is 1. The zero-order chi connectivity index (χ0) is 20.4. The van der Waals surface area contributed by atoms with Crippen LogP contribution < -0.4 is 14.8 Å². The van der Waals surface area contributed by atoms with Gasteiger partial charge in [-0.3, -0.25) is 4.79 Å². The molecule has 2 aliphatic rings. The average Bonchev–Trinajstić information content (AvgIpc) is 3.14. The molecular formula is C20H23N3O5S. The number of carbonyl (C=O) groups is 1. The van der Waals surface area contributed by atoms with Gasteiger partial charge in [-0.05, 0) is 31.0 Å². The van der Waals surface area contributed by atoms with Gasteiger partial charge in [0.1, 0.15) is 0 Å². The molecule has 2 aromatic carbocycles. The maximum Gasteiger partial charge on any atom is 0.282 e. The number of hydrogen-bond donors (Lipinski definition) is 1. The van der Waals surface area contributed by atoms with E-state index in [1.165, 1.54) is 8.61 Å². The third-order valence-electron chi connectivity index (χ3n) is 4.92. The van der Waals surface area contributed by atoms with Gasteiger partial charge in [0, 0.05) is 31.4 Å². The molecule has 4 rings (SSSR count). The van der Waals surface area contributed by atoms with Crippen LogP contribution in [0.4, 0.5) is 5.69 Å². The first-order valence-electron chi connectivity index (χ1n) is 9.42. The molecule has 29 heavy (non-hydrogen) atoms. The fraction of sp³-hybridized carbons (Fsp3) is 0.350. The quantitative estimate of drug-likeness (QED) is 0.805. The van der Waals surface area contributed by atoms with Crippen LogP contribution in [0.2, 0.25) is 0 Å². The lowest BCUT2D eigenvalue weighted by Crippen LogP contribution is -2.51. The lowest BCUT2D eigenvalue weighted by Gasteiger charge is -2.34. The zero-order valence-electron chi connectivity index (χ0n) is 16.1. The Bertz CT molecular complexity index is 1010. The molecule has 2 aliphatic heterocycles. The molecule has 0 unspecified atom stereocenters. The minimum Gasteiger partial charge on any atom is -0.454 e. The highest BCUT2D eigenvalue weighted by atomic mass is 32.2. The number of nitrogens with zero attached hydrogens (tertiary/aromatic N) is 2. The molecule has 0 aromatic heterocycles. The third kappa shape index (κ3) is 4.36. The molecule has 1 N–H and O–H groups in total. The van der Waals surface area contributed by atoms with Crippen LogP contribution in [0, 0.1) is 6.92 Å². The van der Waals surface area contributed by atoms with Crippen LogP contribution in [-0.4, -0.2) is 49.4 Å². The van der Waals surface area contributed by atoms with Gasteiger partial charge in [-0.15, -0.1) is 0 Å². The number of benzene rings is 2. The maximum atomic E-state index is 13.0. The van der Waals surface area contributed by atoms with Gasteiger partial charge in [0.15, 0.2) is 11.5 Å². The van der Waals surface area contributed by atoms with Crippen molar-refractivity contribution < 1.29 is 22.7 Å². The first-order chi connectivity index (χ1) is 13.9.